The van der Waals surface area contributed by atoms with Crippen LogP contribution in [0.3, 0.4) is 0 Å². The Morgan fingerprint density at radius 2 is 2.04 bits per heavy atom. The summed E-state index contributed by atoms with van der Waals surface area (Å²) in [6.45, 7) is 0. The molecular weight excluding hydrogens is 324 g/mol. The van der Waals surface area contributed by atoms with E-state index in [-0.39, 0.29) is 10.7 Å². The number of carbonyl (C=O) groups excluding carboxylic acids is 1. The van der Waals surface area contributed by atoms with Gasteiger partial charge >= 0.3 is 0 Å². The zero-order chi connectivity index (χ0) is 16.9. The second kappa shape index (κ2) is 6.93. The van der Waals surface area contributed by atoms with E-state index < -0.39 is 5.97 Å². The molecule has 3 aromatic rings. The van der Waals surface area contributed by atoms with Crippen LogP contribution >= 0.6 is 12.2 Å². The Morgan fingerprint density at radius 3 is 2.88 bits per heavy atom. The fourth-order valence-electron chi connectivity index (χ4n) is 2.24. The molecule has 0 aliphatic carbocycles. The highest BCUT2D eigenvalue weighted by atomic mass is 32.1. The predicted molar refractivity (Wildman–Crippen MR) is 96.0 cm³/mol. The summed E-state index contributed by atoms with van der Waals surface area (Å²) in [6, 6.07) is 14.1. The van der Waals surface area contributed by atoms with Crippen LogP contribution in [0.25, 0.3) is 10.9 Å². The van der Waals surface area contributed by atoms with Crippen LogP contribution in [0.2, 0.25) is 0 Å². The number of aromatic carboxylic acids is 1. The average molecular weight is 337 g/mol. The molecule has 0 unspecified atom stereocenters. The van der Waals surface area contributed by atoms with Gasteiger partial charge in [-0.2, -0.15) is 5.10 Å². The first-order chi connectivity index (χ1) is 11.6. The largest absolute Gasteiger partial charge is 0.545 e. The molecule has 6 nitrogen and oxygen atoms in total. The number of carboxylic acid groups (broad SMARTS) is 1. The Kier molecular flexibility index (Phi) is 4.53. The van der Waals surface area contributed by atoms with Crippen LogP contribution in [0.1, 0.15) is 15.9 Å². The van der Waals surface area contributed by atoms with E-state index >= 15 is 0 Å². The van der Waals surface area contributed by atoms with Gasteiger partial charge in [0.1, 0.15) is 0 Å². The number of aromatic amines is 1. The molecule has 24 heavy (non-hydrogen) atoms. The van der Waals surface area contributed by atoms with E-state index in [2.05, 4.69) is 20.8 Å². The maximum Gasteiger partial charge on any atom is 0.191 e. The smallest absolute Gasteiger partial charge is 0.191 e. The van der Waals surface area contributed by atoms with Gasteiger partial charge in [-0.15, -0.1) is 0 Å². The molecule has 3 N–H and O–H groups in total. The first-order valence-corrected chi connectivity index (χ1v) is 7.52. The van der Waals surface area contributed by atoms with Crippen molar-refractivity contribution >= 4 is 46.1 Å². The lowest BCUT2D eigenvalue weighted by Gasteiger charge is -2.09. The summed E-state index contributed by atoms with van der Waals surface area (Å²) in [6.07, 6.45) is 3.51. The molecule has 0 saturated heterocycles. The Morgan fingerprint density at radius 1 is 1.21 bits per heavy atom. The number of benzene rings is 2. The van der Waals surface area contributed by atoms with Crippen LogP contribution in [0.15, 0.2) is 59.8 Å². The molecule has 0 aliphatic heterocycles. The topological polar surface area (TPSA) is 92.3 Å². The fraction of sp³-hybridized carbons (Fsp3) is 0. The van der Waals surface area contributed by atoms with Crippen molar-refractivity contribution in [1.29, 1.82) is 0 Å². The summed E-state index contributed by atoms with van der Waals surface area (Å²) in [5, 5.41) is 19.1. The van der Waals surface area contributed by atoms with Crippen LogP contribution in [0.4, 0.5) is 5.69 Å². The normalized spacial score (nSPS) is 10.8. The van der Waals surface area contributed by atoms with Crippen molar-refractivity contribution in [2.75, 3.05) is 5.32 Å². The minimum Gasteiger partial charge on any atom is -0.545 e. The number of thiocarbonyl (C=S) groups is 1. The van der Waals surface area contributed by atoms with Gasteiger partial charge in [0.25, 0.3) is 0 Å². The summed E-state index contributed by atoms with van der Waals surface area (Å²) < 4.78 is 0. The lowest BCUT2D eigenvalue weighted by atomic mass is 10.2. The third-order valence-corrected chi connectivity index (χ3v) is 3.54. The molecule has 0 amide bonds. The van der Waals surface area contributed by atoms with E-state index in [1.54, 1.807) is 18.3 Å². The molecule has 120 valence electrons. The molecule has 0 fully saturated rings. The number of hydrogen-bond donors (Lipinski definition) is 3. The molecule has 0 radical (unpaired) electrons. The SMILES string of the molecule is O=C([O-])c1cccc(NC(=S)N/N=C/c2c[nH]c3ccccc23)c1. The van der Waals surface area contributed by atoms with E-state index in [9.17, 15) is 9.90 Å². The van der Waals surface area contributed by atoms with Gasteiger partial charge in [-0.25, -0.2) is 0 Å². The first kappa shape index (κ1) is 15.7. The number of carboxylic acids is 1. The summed E-state index contributed by atoms with van der Waals surface area (Å²) in [5.74, 6) is -1.24. The van der Waals surface area contributed by atoms with Crippen molar-refractivity contribution in [1.82, 2.24) is 10.4 Å². The molecule has 0 atom stereocenters. The molecular formula is C17H13N4O2S-. The number of rotatable bonds is 4. The van der Waals surface area contributed by atoms with E-state index in [4.69, 9.17) is 12.2 Å². The quantitative estimate of drug-likeness (QED) is 0.384. The number of para-hydroxylation sites is 1. The summed E-state index contributed by atoms with van der Waals surface area (Å²) in [5.41, 5.74) is 5.27. The van der Waals surface area contributed by atoms with Crippen LogP contribution < -0.4 is 15.8 Å². The van der Waals surface area contributed by atoms with Gasteiger partial charge in [-0.1, -0.05) is 30.3 Å². The molecule has 1 aromatic heterocycles. The number of hydrogen-bond acceptors (Lipinski definition) is 4. The van der Waals surface area contributed by atoms with E-state index in [0.717, 1.165) is 16.5 Å². The van der Waals surface area contributed by atoms with Crippen molar-refractivity contribution in [3.05, 3.63) is 65.9 Å². The van der Waals surface area contributed by atoms with Crippen LogP contribution in [-0.2, 0) is 0 Å². The molecule has 0 spiro atoms. The first-order valence-electron chi connectivity index (χ1n) is 7.11. The van der Waals surface area contributed by atoms with Gasteiger partial charge in [0, 0.05) is 28.4 Å². The Hall–Kier alpha value is -3.19. The Bertz CT molecular complexity index is 933. The monoisotopic (exact) mass is 337 g/mol. The Balaban J connectivity index is 1.63. The number of fused-ring (bicyclic) bond motifs is 1. The van der Waals surface area contributed by atoms with Crippen LogP contribution in [-0.4, -0.2) is 22.3 Å². The molecule has 7 heteroatoms. The fourth-order valence-corrected chi connectivity index (χ4v) is 2.41. The molecule has 0 bridgehead atoms. The molecule has 0 aliphatic rings. The highest BCUT2D eigenvalue weighted by molar-refractivity contribution is 7.80. The highest BCUT2D eigenvalue weighted by Gasteiger charge is 2.01. The standard InChI is InChI=1S/C17H14N4O2S/c22-16(23)11-4-3-5-13(8-11)20-17(24)21-19-10-12-9-18-15-7-2-1-6-14(12)15/h1-10,18H,(H,22,23)(H2,20,21,24)/p-1/b19-10+. The van der Waals surface area contributed by atoms with E-state index in [0.29, 0.717) is 5.69 Å². The maximum absolute atomic E-state index is 10.8. The summed E-state index contributed by atoms with van der Waals surface area (Å²) in [7, 11) is 0. The third kappa shape index (κ3) is 3.58. The van der Waals surface area contributed by atoms with Gasteiger partial charge in [-0.3, -0.25) is 5.43 Å². The minimum atomic E-state index is -1.24. The van der Waals surface area contributed by atoms with E-state index in [1.807, 2.05) is 30.5 Å². The molecule has 3 rings (SSSR count). The number of carbonyl (C=O) groups is 1. The van der Waals surface area contributed by atoms with Crippen molar-refractivity contribution in [2.45, 2.75) is 0 Å². The van der Waals surface area contributed by atoms with Gasteiger partial charge in [0.2, 0.25) is 0 Å². The summed E-state index contributed by atoms with van der Waals surface area (Å²) in [4.78, 5) is 14.0. The van der Waals surface area contributed by atoms with Crippen LogP contribution in [0.5, 0.6) is 0 Å². The molecule has 0 saturated carbocycles. The van der Waals surface area contributed by atoms with E-state index in [1.165, 1.54) is 12.1 Å². The lowest BCUT2D eigenvalue weighted by Crippen LogP contribution is -2.25. The molecule has 1 heterocycles. The third-order valence-electron chi connectivity index (χ3n) is 3.35. The number of nitrogens with zero attached hydrogens (tertiary/aromatic N) is 1. The second-order valence-electron chi connectivity index (χ2n) is 4.98. The van der Waals surface area contributed by atoms with Gasteiger partial charge in [-0.05, 0) is 36.0 Å². The predicted octanol–water partition coefficient (Wildman–Crippen LogP) is 1.85. The minimum absolute atomic E-state index is 0.0742. The summed E-state index contributed by atoms with van der Waals surface area (Å²) >= 11 is 5.13. The van der Waals surface area contributed by atoms with Crippen LogP contribution in [0, 0.1) is 0 Å². The highest BCUT2D eigenvalue weighted by Crippen LogP contribution is 2.15. The number of anilines is 1. The van der Waals surface area contributed by atoms with Crippen molar-refractivity contribution in [3.8, 4) is 0 Å². The van der Waals surface area contributed by atoms with Crippen molar-refractivity contribution in [2.24, 2.45) is 5.10 Å². The van der Waals surface area contributed by atoms with Crippen molar-refractivity contribution < 1.29 is 9.90 Å². The number of nitrogens with one attached hydrogen (secondary N) is 3. The van der Waals surface area contributed by atoms with Crippen molar-refractivity contribution in [3.63, 3.8) is 0 Å². The number of aromatic nitrogens is 1. The zero-order valence-corrected chi connectivity index (χ0v) is 13.3. The zero-order valence-electron chi connectivity index (χ0n) is 12.4. The maximum atomic E-state index is 10.8. The second-order valence-corrected chi connectivity index (χ2v) is 5.39. The van der Waals surface area contributed by atoms with Gasteiger partial charge in [0.05, 0.1) is 12.2 Å². The van der Waals surface area contributed by atoms with Gasteiger partial charge < -0.3 is 20.2 Å². The molecule has 2 aromatic carbocycles. The van der Waals surface area contributed by atoms with Gasteiger partial charge in [0.15, 0.2) is 5.11 Å². The number of hydrazone groups is 1. The number of H-pyrrole nitrogens is 1. The lowest BCUT2D eigenvalue weighted by molar-refractivity contribution is -0.255. The Labute approximate surface area is 143 Å². The average Bonchev–Trinajstić information content (AvgIpc) is 2.98.